The van der Waals surface area contributed by atoms with Crippen molar-refractivity contribution in [2.45, 2.75) is 39.5 Å². The Bertz CT molecular complexity index is 683. The van der Waals surface area contributed by atoms with Gasteiger partial charge in [0.1, 0.15) is 11.5 Å². The van der Waals surface area contributed by atoms with Crippen molar-refractivity contribution in [2.75, 3.05) is 33.9 Å². The number of aliphatic hydroxyl groups is 1. The standard InChI is InChI=1S/C24H35NO4/c1-19(2)10-11-25(15-21-12-23(27-3)14-24(13-21)28-4)16-22(26)18-29-17-20-8-6-5-7-9-20/h5-9,12-14,19,22,26H,10-11,15-18H2,1-4H3/t22-/m0/s1. The third-order valence-electron chi connectivity index (χ3n) is 4.73. The lowest BCUT2D eigenvalue weighted by molar-refractivity contribution is 0.00788. The fourth-order valence-electron chi connectivity index (χ4n) is 3.13. The highest BCUT2D eigenvalue weighted by molar-refractivity contribution is 5.38. The molecule has 0 aliphatic rings. The molecule has 1 atom stereocenters. The van der Waals surface area contributed by atoms with Gasteiger partial charge in [0.05, 0.1) is 33.5 Å². The maximum atomic E-state index is 10.5. The van der Waals surface area contributed by atoms with Gasteiger partial charge >= 0.3 is 0 Å². The second-order valence-corrected chi connectivity index (χ2v) is 7.79. The van der Waals surface area contributed by atoms with Gasteiger partial charge in [0.15, 0.2) is 0 Å². The van der Waals surface area contributed by atoms with Crippen molar-refractivity contribution in [1.82, 2.24) is 4.90 Å². The molecule has 0 spiro atoms. The van der Waals surface area contributed by atoms with Crippen molar-refractivity contribution in [3.63, 3.8) is 0 Å². The molecule has 0 heterocycles. The molecular formula is C24H35NO4. The Hall–Kier alpha value is -2.08. The van der Waals surface area contributed by atoms with E-state index >= 15 is 0 Å². The summed E-state index contributed by atoms with van der Waals surface area (Å²) in [7, 11) is 3.31. The highest BCUT2D eigenvalue weighted by atomic mass is 16.5. The van der Waals surface area contributed by atoms with E-state index < -0.39 is 6.10 Å². The summed E-state index contributed by atoms with van der Waals surface area (Å²) in [6.45, 7) is 7.44. The molecule has 160 valence electrons. The number of hydrogen-bond acceptors (Lipinski definition) is 5. The highest BCUT2D eigenvalue weighted by Gasteiger charge is 2.14. The van der Waals surface area contributed by atoms with Crippen LogP contribution in [0.4, 0.5) is 0 Å². The largest absolute Gasteiger partial charge is 0.497 e. The second kappa shape index (κ2) is 12.5. The molecule has 0 radical (unpaired) electrons. The molecule has 0 amide bonds. The lowest BCUT2D eigenvalue weighted by atomic mass is 10.1. The van der Waals surface area contributed by atoms with Crippen molar-refractivity contribution in [2.24, 2.45) is 5.92 Å². The number of rotatable bonds is 13. The molecule has 5 heteroatoms. The molecule has 2 rings (SSSR count). The predicted molar refractivity (Wildman–Crippen MR) is 116 cm³/mol. The van der Waals surface area contributed by atoms with Crippen LogP contribution in [-0.2, 0) is 17.9 Å². The molecule has 5 nitrogen and oxygen atoms in total. The van der Waals surface area contributed by atoms with Gasteiger partial charge in [-0.25, -0.2) is 0 Å². The summed E-state index contributed by atoms with van der Waals surface area (Å²) >= 11 is 0. The summed E-state index contributed by atoms with van der Waals surface area (Å²) in [5.41, 5.74) is 2.21. The van der Waals surface area contributed by atoms with E-state index in [1.165, 1.54) is 0 Å². The van der Waals surface area contributed by atoms with Crippen LogP contribution in [0.2, 0.25) is 0 Å². The molecule has 2 aromatic rings. The van der Waals surface area contributed by atoms with Crippen LogP contribution >= 0.6 is 0 Å². The fraction of sp³-hybridized carbons (Fsp3) is 0.500. The van der Waals surface area contributed by atoms with Crippen LogP contribution < -0.4 is 9.47 Å². The normalized spacial score (nSPS) is 12.4. The van der Waals surface area contributed by atoms with Crippen LogP contribution in [-0.4, -0.2) is 50.0 Å². The van der Waals surface area contributed by atoms with Crippen molar-refractivity contribution in [3.8, 4) is 11.5 Å². The maximum Gasteiger partial charge on any atom is 0.122 e. The molecule has 0 aliphatic carbocycles. The number of aliphatic hydroxyl groups excluding tert-OH is 1. The van der Waals surface area contributed by atoms with Crippen LogP contribution in [0.15, 0.2) is 48.5 Å². The Balaban J connectivity index is 1.94. The number of methoxy groups -OCH3 is 2. The molecule has 0 aliphatic heterocycles. The quantitative estimate of drug-likeness (QED) is 0.547. The van der Waals surface area contributed by atoms with Gasteiger partial charge in [-0.2, -0.15) is 0 Å². The van der Waals surface area contributed by atoms with Crippen molar-refractivity contribution >= 4 is 0 Å². The van der Waals surface area contributed by atoms with E-state index in [1.807, 2.05) is 48.5 Å². The zero-order valence-electron chi connectivity index (χ0n) is 18.1. The predicted octanol–water partition coefficient (Wildman–Crippen LogP) is 4.13. The van der Waals surface area contributed by atoms with Gasteiger partial charge < -0.3 is 19.3 Å². The van der Waals surface area contributed by atoms with Gasteiger partial charge in [-0.1, -0.05) is 44.2 Å². The number of hydrogen-bond donors (Lipinski definition) is 1. The summed E-state index contributed by atoms with van der Waals surface area (Å²) in [6, 6.07) is 15.9. The minimum absolute atomic E-state index is 0.314. The summed E-state index contributed by atoms with van der Waals surface area (Å²) in [4.78, 5) is 2.27. The van der Waals surface area contributed by atoms with E-state index in [1.54, 1.807) is 14.2 Å². The van der Waals surface area contributed by atoms with Crippen molar-refractivity contribution in [3.05, 3.63) is 59.7 Å². The molecule has 1 N–H and O–H groups in total. The maximum absolute atomic E-state index is 10.5. The van der Waals surface area contributed by atoms with Gasteiger partial charge in [0.2, 0.25) is 0 Å². The van der Waals surface area contributed by atoms with Gasteiger partial charge in [0.25, 0.3) is 0 Å². The zero-order chi connectivity index (χ0) is 21.1. The monoisotopic (exact) mass is 401 g/mol. The van der Waals surface area contributed by atoms with E-state index in [0.717, 1.165) is 42.1 Å². The van der Waals surface area contributed by atoms with Gasteiger partial charge in [-0.05, 0) is 42.1 Å². The average molecular weight is 402 g/mol. The molecule has 0 aromatic heterocycles. The minimum atomic E-state index is -0.543. The molecule has 29 heavy (non-hydrogen) atoms. The number of benzene rings is 2. The number of ether oxygens (including phenoxy) is 3. The Morgan fingerprint density at radius 2 is 1.59 bits per heavy atom. The van der Waals surface area contributed by atoms with Gasteiger partial charge in [-0.15, -0.1) is 0 Å². The highest BCUT2D eigenvalue weighted by Crippen LogP contribution is 2.23. The SMILES string of the molecule is COc1cc(CN(CCC(C)C)C[C@H](O)COCc2ccccc2)cc(OC)c1. The molecule has 0 saturated heterocycles. The lowest BCUT2D eigenvalue weighted by Gasteiger charge is -2.26. The third-order valence-corrected chi connectivity index (χ3v) is 4.73. The first-order valence-electron chi connectivity index (χ1n) is 10.2. The second-order valence-electron chi connectivity index (χ2n) is 7.79. The topological polar surface area (TPSA) is 51.2 Å². The smallest absolute Gasteiger partial charge is 0.122 e. The van der Waals surface area contributed by atoms with Crippen LogP contribution in [0.5, 0.6) is 11.5 Å². The molecular weight excluding hydrogens is 366 g/mol. The molecule has 0 bridgehead atoms. The van der Waals surface area contributed by atoms with Crippen LogP contribution in [0.25, 0.3) is 0 Å². The lowest BCUT2D eigenvalue weighted by Crippen LogP contribution is -2.35. The Labute approximate surface area is 175 Å². The van der Waals surface area contributed by atoms with Crippen molar-refractivity contribution < 1.29 is 19.3 Å². The molecule has 0 fully saturated rings. The zero-order valence-corrected chi connectivity index (χ0v) is 18.1. The first kappa shape index (κ1) is 23.2. The molecule has 0 saturated carbocycles. The van der Waals surface area contributed by atoms with Crippen molar-refractivity contribution in [1.29, 1.82) is 0 Å². The van der Waals surface area contributed by atoms with E-state index in [2.05, 4.69) is 18.7 Å². The van der Waals surface area contributed by atoms with Gasteiger partial charge in [-0.3, -0.25) is 4.90 Å². The number of nitrogens with zero attached hydrogens (tertiary/aromatic N) is 1. The summed E-state index contributed by atoms with van der Waals surface area (Å²) < 4.78 is 16.5. The van der Waals surface area contributed by atoms with E-state index in [0.29, 0.717) is 25.7 Å². The average Bonchev–Trinajstić information content (AvgIpc) is 2.72. The third kappa shape index (κ3) is 8.86. The summed E-state index contributed by atoms with van der Waals surface area (Å²) in [5.74, 6) is 2.15. The molecule has 2 aromatic carbocycles. The van der Waals surface area contributed by atoms with E-state index in [4.69, 9.17) is 14.2 Å². The first-order chi connectivity index (χ1) is 14.0. The Morgan fingerprint density at radius 1 is 0.931 bits per heavy atom. The van der Waals surface area contributed by atoms with Gasteiger partial charge in [0, 0.05) is 19.2 Å². The van der Waals surface area contributed by atoms with Crippen LogP contribution in [0.3, 0.4) is 0 Å². The van der Waals surface area contributed by atoms with Crippen LogP contribution in [0, 0.1) is 5.92 Å². The van der Waals surface area contributed by atoms with E-state index in [-0.39, 0.29) is 0 Å². The molecule has 0 unspecified atom stereocenters. The first-order valence-corrected chi connectivity index (χ1v) is 10.2. The van der Waals surface area contributed by atoms with E-state index in [9.17, 15) is 5.11 Å². The minimum Gasteiger partial charge on any atom is -0.497 e. The summed E-state index contributed by atoms with van der Waals surface area (Å²) in [6.07, 6.45) is 0.525. The Morgan fingerprint density at radius 3 is 2.17 bits per heavy atom. The fourth-order valence-corrected chi connectivity index (χ4v) is 3.13. The van der Waals surface area contributed by atoms with Crippen LogP contribution in [0.1, 0.15) is 31.4 Å². The summed E-state index contributed by atoms with van der Waals surface area (Å²) in [5, 5.41) is 10.5. The Kier molecular flexibility index (Phi) is 9.98.